The van der Waals surface area contributed by atoms with Gasteiger partial charge < -0.3 is 9.80 Å². The highest BCUT2D eigenvalue weighted by Crippen LogP contribution is 2.47. The Hall–Kier alpha value is -2.50. The lowest BCUT2D eigenvalue weighted by atomic mass is 9.87. The molecule has 0 aromatic heterocycles. The summed E-state index contributed by atoms with van der Waals surface area (Å²) < 4.78 is 41.7. The first-order chi connectivity index (χ1) is 13.2. The lowest BCUT2D eigenvalue weighted by molar-refractivity contribution is 0.0611. The van der Waals surface area contributed by atoms with Crippen LogP contribution in [0.2, 0.25) is 0 Å². The zero-order valence-corrected chi connectivity index (χ0v) is 16.0. The fourth-order valence-electron chi connectivity index (χ4n) is 4.97. The van der Waals surface area contributed by atoms with Crippen LogP contribution in [0, 0.1) is 17.5 Å². The van der Waals surface area contributed by atoms with Crippen LogP contribution >= 0.6 is 0 Å². The Labute approximate surface area is 162 Å². The van der Waals surface area contributed by atoms with Crippen molar-refractivity contribution in [3.63, 3.8) is 0 Å². The molecule has 1 atom stereocenters. The van der Waals surface area contributed by atoms with E-state index in [0.29, 0.717) is 19.5 Å². The largest absolute Gasteiger partial charge is 0.364 e. The van der Waals surface area contributed by atoms with Crippen molar-refractivity contribution < 1.29 is 18.0 Å². The second-order valence-corrected chi connectivity index (χ2v) is 8.44. The zero-order chi connectivity index (χ0) is 20.1. The van der Waals surface area contributed by atoms with Gasteiger partial charge in [-0.3, -0.25) is 4.79 Å². The average molecular weight is 388 g/mol. The van der Waals surface area contributed by atoms with E-state index in [4.69, 9.17) is 0 Å². The third kappa shape index (κ3) is 2.95. The summed E-state index contributed by atoms with van der Waals surface area (Å²) in [5.74, 6) is -2.91. The van der Waals surface area contributed by atoms with Gasteiger partial charge in [0.05, 0.1) is 11.1 Å². The summed E-state index contributed by atoms with van der Waals surface area (Å²) in [6, 6.07) is 10.1. The summed E-state index contributed by atoms with van der Waals surface area (Å²) in [7, 11) is 0. The standard InChI is InChI=1S/C22H23F3N2O/c1-21(2)13-22(14-27(21)16-7-3-6-15(23)12-16)10-5-11-26(22)20(28)17-8-4-9-18(24)19(17)25/h3-4,6-9,12H,5,10-11,13-14H2,1-2H3. The van der Waals surface area contributed by atoms with E-state index in [1.54, 1.807) is 11.0 Å². The number of hydrogen-bond donors (Lipinski definition) is 0. The van der Waals surface area contributed by atoms with Crippen molar-refractivity contribution in [2.24, 2.45) is 0 Å². The van der Waals surface area contributed by atoms with Crippen molar-refractivity contribution in [1.82, 2.24) is 4.90 Å². The summed E-state index contributed by atoms with van der Waals surface area (Å²) in [6.07, 6.45) is 2.26. The first kappa shape index (κ1) is 18.8. The number of carbonyl (C=O) groups excluding carboxylic acids is 1. The minimum absolute atomic E-state index is 0.233. The molecule has 0 radical (unpaired) electrons. The molecule has 3 nitrogen and oxygen atoms in total. The molecular formula is C22H23F3N2O. The number of benzene rings is 2. The van der Waals surface area contributed by atoms with Crippen molar-refractivity contribution in [1.29, 1.82) is 0 Å². The minimum atomic E-state index is -1.10. The van der Waals surface area contributed by atoms with Gasteiger partial charge in [0.1, 0.15) is 5.82 Å². The van der Waals surface area contributed by atoms with E-state index in [1.807, 2.05) is 6.07 Å². The molecule has 148 valence electrons. The molecule has 2 aliphatic rings. The molecule has 2 aliphatic heterocycles. The molecular weight excluding hydrogens is 365 g/mol. The molecule has 28 heavy (non-hydrogen) atoms. The van der Waals surface area contributed by atoms with Crippen LogP contribution in [-0.2, 0) is 0 Å². The fraction of sp³-hybridized carbons (Fsp3) is 0.409. The highest BCUT2D eigenvalue weighted by atomic mass is 19.2. The van der Waals surface area contributed by atoms with Gasteiger partial charge in [-0.2, -0.15) is 0 Å². The molecule has 2 aromatic carbocycles. The monoisotopic (exact) mass is 388 g/mol. The second kappa shape index (κ2) is 6.54. The Morgan fingerprint density at radius 3 is 2.57 bits per heavy atom. The van der Waals surface area contributed by atoms with Crippen LogP contribution in [0.1, 0.15) is 43.5 Å². The molecule has 2 saturated heterocycles. The van der Waals surface area contributed by atoms with E-state index in [1.165, 1.54) is 24.3 Å². The summed E-state index contributed by atoms with van der Waals surface area (Å²) in [6.45, 7) is 5.17. The third-order valence-electron chi connectivity index (χ3n) is 6.09. The Morgan fingerprint density at radius 2 is 1.82 bits per heavy atom. The summed E-state index contributed by atoms with van der Waals surface area (Å²) in [4.78, 5) is 16.9. The van der Waals surface area contributed by atoms with E-state index in [9.17, 15) is 18.0 Å². The van der Waals surface area contributed by atoms with Crippen molar-refractivity contribution in [3.8, 4) is 0 Å². The lowest BCUT2D eigenvalue weighted by Crippen LogP contribution is -2.49. The van der Waals surface area contributed by atoms with Gasteiger partial charge in [0.2, 0.25) is 0 Å². The predicted molar refractivity (Wildman–Crippen MR) is 102 cm³/mol. The summed E-state index contributed by atoms with van der Waals surface area (Å²) >= 11 is 0. The van der Waals surface area contributed by atoms with E-state index >= 15 is 0 Å². The Bertz CT molecular complexity index is 930. The van der Waals surface area contributed by atoms with Crippen LogP contribution in [0.4, 0.5) is 18.9 Å². The normalized spacial score (nSPS) is 23.6. The topological polar surface area (TPSA) is 23.6 Å². The molecule has 0 N–H and O–H groups in total. The van der Waals surface area contributed by atoms with Crippen LogP contribution in [0.15, 0.2) is 42.5 Å². The van der Waals surface area contributed by atoms with Gasteiger partial charge in [0, 0.05) is 24.3 Å². The summed E-state index contributed by atoms with van der Waals surface area (Å²) in [5.41, 5.74) is -0.260. The van der Waals surface area contributed by atoms with Crippen LogP contribution in [0.25, 0.3) is 0 Å². The number of carbonyl (C=O) groups is 1. The van der Waals surface area contributed by atoms with Crippen molar-refractivity contribution >= 4 is 11.6 Å². The smallest absolute Gasteiger partial charge is 0.257 e. The highest BCUT2D eigenvalue weighted by Gasteiger charge is 2.55. The van der Waals surface area contributed by atoms with Gasteiger partial charge in [-0.25, -0.2) is 13.2 Å². The summed E-state index contributed by atoms with van der Waals surface area (Å²) in [5, 5.41) is 0. The highest BCUT2D eigenvalue weighted by molar-refractivity contribution is 5.95. The molecule has 1 amide bonds. The first-order valence-electron chi connectivity index (χ1n) is 9.53. The van der Waals surface area contributed by atoms with Crippen LogP contribution < -0.4 is 4.90 Å². The molecule has 6 heteroatoms. The first-order valence-corrected chi connectivity index (χ1v) is 9.53. The molecule has 2 fully saturated rings. The van der Waals surface area contributed by atoms with Gasteiger partial charge in [-0.15, -0.1) is 0 Å². The van der Waals surface area contributed by atoms with Crippen molar-refractivity contribution in [2.75, 3.05) is 18.0 Å². The van der Waals surface area contributed by atoms with Crippen LogP contribution in [-0.4, -0.2) is 35.0 Å². The molecule has 2 heterocycles. The van der Waals surface area contributed by atoms with Gasteiger partial charge in [-0.05, 0) is 63.4 Å². The molecule has 0 saturated carbocycles. The average Bonchev–Trinajstić information content (AvgIpc) is 3.16. The number of anilines is 1. The number of amides is 1. The molecule has 4 rings (SSSR count). The van der Waals surface area contributed by atoms with Crippen LogP contribution in [0.5, 0.6) is 0 Å². The molecule has 1 spiro atoms. The van der Waals surface area contributed by atoms with Crippen LogP contribution in [0.3, 0.4) is 0 Å². The van der Waals surface area contributed by atoms with Crippen molar-refractivity contribution in [2.45, 2.75) is 44.2 Å². The number of halogens is 3. The lowest BCUT2D eigenvalue weighted by Gasteiger charge is -2.35. The maximum atomic E-state index is 14.2. The fourth-order valence-corrected chi connectivity index (χ4v) is 4.97. The Balaban J connectivity index is 1.69. The number of hydrogen-bond acceptors (Lipinski definition) is 2. The SMILES string of the molecule is CC1(C)CC2(CCCN2C(=O)c2cccc(F)c2F)CN1c1cccc(F)c1. The predicted octanol–water partition coefficient (Wildman–Crippen LogP) is 4.77. The van der Waals surface area contributed by atoms with Gasteiger partial charge >= 0.3 is 0 Å². The van der Waals surface area contributed by atoms with E-state index in [-0.39, 0.29) is 16.9 Å². The van der Waals surface area contributed by atoms with E-state index in [0.717, 1.165) is 24.6 Å². The van der Waals surface area contributed by atoms with E-state index < -0.39 is 23.1 Å². The zero-order valence-electron chi connectivity index (χ0n) is 16.0. The maximum Gasteiger partial charge on any atom is 0.257 e. The Morgan fingerprint density at radius 1 is 1.07 bits per heavy atom. The molecule has 1 unspecified atom stereocenters. The number of likely N-dealkylation sites (tertiary alicyclic amines) is 1. The van der Waals surface area contributed by atoms with E-state index in [2.05, 4.69) is 18.7 Å². The molecule has 0 aliphatic carbocycles. The molecule has 0 bridgehead atoms. The van der Waals surface area contributed by atoms with Gasteiger partial charge in [0.25, 0.3) is 5.91 Å². The Kier molecular flexibility index (Phi) is 4.40. The molecule has 2 aromatic rings. The quantitative estimate of drug-likeness (QED) is 0.740. The van der Waals surface area contributed by atoms with Gasteiger partial charge in [0.15, 0.2) is 11.6 Å². The number of nitrogens with zero attached hydrogens (tertiary/aromatic N) is 2. The minimum Gasteiger partial charge on any atom is -0.364 e. The van der Waals surface area contributed by atoms with Crippen molar-refractivity contribution in [3.05, 3.63) is 65.5 Å². The second-order valence-electron chi connectivity index (χ2n) is 8.44. The van der Waals surface area contributed by atoms with Gasteiger partial charge in [-0.1, -0.05) is 12.1 Å². The maximum absolute atomic E-state index is 14.2. The third-order valence-corrected chi connectivity index (χ3v) is 6.09. The number of rotatable bonds is 2.